The third-order valence-electron chi connectivity index (χ3n) is 6.82. The number of aromatic nitrogens is 2. The van der Waals surface area contributed by atoms with Crippen molar-refractivity contribution in [3.63, 3.8) is 0 Å². The molecule has 0 bridgehead atoms. The number of rotatable bonds is 5. The van der Waals surface area contributed by atoms with Crippen LogP contribution in [0.3, 0.4) is 0 Å². The zero-order valence-electron chi connectivity index (χ0n) is 18.5. The van der Waals surface area contributed by atoms with Crippen LogP contribution in [0.4, 0.5) is 10.5 Å². The molecule has 6 nitrogen and oxygen atoms in total. The number of fused-ring (bicyclic) bond motifs is 1. The van der Waals surface area contributed by atoms with E-state index >= 15 is 0 Å². The summed E-state index contributed by atoms with van der Waals surface area (Å²) in [6.07, 6.45) is 7.96. The van der Waals surface area contributed by atoms with Crippen molar-refractivity contribution in [2.45, 2.75) is 32.6 Å². The molecule has 2 aliphatic rings. The lowest BCUT2D eigenvalue weighted by Crippen LogP contribution is -2.51. The van der Waals surface area contributed by atoms with Gasteiger partial charge in [0.25, 0.3) is 0 Å². The van der Waals surface area contributed by atoms with Crippen LogP contribution in [-0.4, -0.2) is 53.6 Å². The van der Waals surface area contributed by atoms with Crippen molar-refractivity contribution in [1.29, 1.82) is 0 Å². The minimum atomic E-state index is 0.116. The number of piperidine rings is 1. The molecular formula is C25H30ClN5O. The fraction of sp³-hybridized carbons (Fsp3) is 0.440. The Morgan fingerprint density at radius 1 is 1.22 bits per heavy atom. The normalized spacial score (nSPS) is 18.0. The van der Waals surface area contributed by atoms with Crippen LogP contribution >= 0.6 is 11.6 Å². The lowest BCUT2D eigenvalue weighted by atomic mass is 9.97. The first-order valence-electron chi connectivity index (χ1n) is 11.7. The highest BCUT2D eigenvalue weighted by Crippen LogP contribution is 2.36. The molecule has 3 aromatic rings. The summed E-state index contributed by atoms with van der Waals surface area (Å²) in [5.41, 5.74) is 4.77. The van der Waals surface area contributed by atoms with Crippen LogP contribution in [0.15, 0.2) is 36.7 Å². The van der Waals surface area contributed by atoms with Gasteiger partial charge in [-0.3, -0.25) is 4.90 Å². The van der Waals surface area contributed by atoms with Gasteiger partial charge in [0.1, 0.15) is 5.65 Å². The number of urea groups is 1. The highest BCUT2D eigenvalue weighted by molar-refractivity contribution is 6.38. The third-order valence-corrected chi connectivity index (χ3v) is 7.21. The summed E-state index contributed by atoms with van der Waals surface area (Å²) in [4.78, 5) is 25.1. The highest BCUT2D eigenvalue weighted by Gasteiger charge is 2.29. The Bertz CT molecular complexity index is 1120. The Hall–Kier alpha value is -2.57. The maximum Gasteiger partial charge on any atom is 0.324 e. The number of aromatic amines is 1. The summed E-state index contributed by atoms with van der Waals surface area (Å²) in [5, 5.41) is 5.11. The number of carbonyl (C=O) groups is 1. The molecule has 168 valence electrons. The zero-order chi connectivity index (χ0) is 22.1. The molecule has 0 radical (unpaired) electrons. The van der Waals surface area contributed by atoms with E-state index in [1.165, 1.54) is 0 Å². The Kier molecular flexibility index (Phi) is 6.07. The van der Waals surface area contributed by atoms with Crippen LogP contribution in [-0.2, 0) is 6.42 Å². The number of pyridine rings is 1. The summed E-state index contributed by atoms with van der Waals surface area (Å²) in [6.45, 7) is 6.67. The smallest absolute Gasteiger partial charge is 0.324 e. The lowest BCUT2D eigenvalue weighted by molar-refractivity contribution is 0.176. The summed E-state index contributed by atoms with van der Waals surface area (Å²) in [7, 11) is 0. The molecule has 0 spiro atoms. The number of benzene rings is 1. The number of aryl methyl sites for hydroxylation is 1. The van der Waals surface area contributed by atoms with Gasteiger partial charge in [0.2, 0.25) is 0 Å². The number of carbonyl (C=O) groups excluding carboxylic acids is 1. The van der Waals surface area contributed by atoms with Gasteiger partial charge >= 0.3 is 6.03 Å². The van der Waals surface area contributed by atoms with E-state index in [-0.39, 0.29) is 6.03 Å². The molecule has 0 atom stereocenters. The van der Waals surface area contributed by atoms with E-state index in [9.17, 15) is 4.79 Å². The Morgan fingerprint density at radius 2 is 2.06 bits per heavy atom. The SMILES string of the molecule is CCc1c[nH]c2ncc(-c3cccc(N4CCCN(CC5CCNCC5)C4=O)c3)c(Cl)c12. The molecule has 2 aromatic heterocycles. The number of nitrogens with zero attached hydrogens (tertiary/aromatic N) is 3. The quantitative estimate of drug-likeness (QED) is 0.568. The molecule has 0 saturated carbocycles. The van der Waals surface area contributed by atoms with Crippen molar-refractivity contribution in [2.24, 2.45) is 5.92 Å². The van der Waals surface area contributed by atoms with Gasteiger partial charge < -0.3 is 15.2 Å². The Labute approximate surface area is 194 Å². The molecule has 2 saturated heterocycles. The first kappa shape index (κ1) is 21.3. The molecule has 1 aromatic carbocycles. The van der Waals surface area contributed by atoms with Crippen molar-refractivity contribution in [3.8, 4) is 11.1 Å². The number of hydrogen-bond acceptors (Lipinski definition) is 3. The number of anilines is 1. The fourth-order valence-corrected chi connectivity index (χ4v) is 5.38. The standard InChI is InChI=1S/C25H30ClN5O/c1-2-18-14-28-24-22(18)23(26)21(15-29-24)19-5-3-6-20(13-19)31-12-4-11-30(25(31)32)16-17-7-9-27-10-8-17/h3,5-6,13-15,17,27H,2,4,7-12,16H2,1H3,(H,28,29). The highest BCUT2D eigenvalue weighted by atomic mass is 35.5. The van der Waals surface area contributed by atoms with Crippen molar-refractivity contribution in [2.75, 3.05) is 37.6 Å². The van der Waals surface area contributed by atoms with E-state index in [0.717, 1.165) is 91.8 Å². The molecule has 7 heteroatoms. The van der Waals surface area contributed by atoms with Gasteiger partial charge in [-0.15, -0.1) is 0 Å². The lowest BCUT2D eigenvalue weighted by Gasteiger charge is -2.38. The van der Waals surface area contributed by atoms with E-state index in [1.807, 2.05) is 40.4 Å². The van der Waals surface area contributed by atoms with Gasteiger partial charge in [-0.2, -0.15) is 0 Å². The van der Waals surface area contributed by atoms with Crippen molar-refractivity contribution < 1.29 is 4.79 Å². The molecule has 2 fully saturated rings. The maximum absolute atomic E-state index is 13.3. The minimum absolute atomic E-state index is 0.116. The van der Waals surface area contributed by atoms with Gasteiger partial charge in [-0.25, -0.2) is 9.78 Å². The average Bonchev–Trinajstić information content (AvgIpc) is 3.26. The second-order valence-corrected chi connectivity index (χ2v) is 9.23. The molecule has 0 aliphatic carbocycles. The number of hydrogen-bond donors (Lipinski definition) is 2. The molecule has 5 rings (SSSR count). The van der Waals surface area contributed by atoms with Gasteiger partial charge in [0.05, 0.1) is 5.02 Å². The summed E-state index contributed by atoms with van der Waals surface area (Å²) < 4.78 is 0. The second kappa shape index (κ2) is 9.12. The molecule has 2 amide bonds. The van der Waals surface area contributed by atoms with Crippen LogP contribution in [0.2, 0.25) is 5.02 Å². The minimum Gasteiger partial charge on any atom is -0.346 e. The number of amides is 2. The monoisotopic (exact) mass is 451 g/mol. The molecular weight excluding hydrogens is 422 g/mol. The summed E-state index contributed by atoms with van der Waals surface area (Å²) in [5.74, 6) is 0.595. The maximum atomic E-state index is 13.3. The molecule has 2 N–H and O–H groups in total. The molecule has 32 heavy (non-hydrogen) atoms. The number of halogens is 1. The number of H-pyrrole nitrogens is 1. The van der Waals surface area contributed by atoms with Crippen LogP contribution in [0.25, 0.3) is 22.2 Å². The van der Waals surface area contributed by atoms with Crippen LogP contribution in [0.5, 0.6) is 0 Å². The molecule has 4 heterocycles. The Morgan fingerprint density at radius 3 is 2.88 bits per heavy atom. The van der Waals surface area contributed by atoms with Crippen molar-refractivity contribution in [1.82, 2.24) is 20.2 Å². The van der Waals surface area contributed by atoms with Gasteiger partial charge in [-0.05, 0) is 68.0 Å². The van der Waals surface area contributed by atoms with E-state index < -0.39 is 0 Å². The van der Waals surface area contributed by atoms with E-state index in [2.05, 4.69) is 28.3 Å². The van der Waals surface area contributed by atoms with Crippen molar-refractivity contribution in [3.05, 3.63) is 47.2 Å². The van der Waals surface area contributed by atoms with Crippen LogP contribution in [0, 0.1) is 5.92 Å². The van der Waals surface area contributed by atoms with Crippen LogP contribution < -0.4 is 10.2 Å². The van der Waals surface area contributed by atoms with E-state index in [4.69, 9.17) is 11.6 Å². The molecule has 0 unspecified atom stereocenters. The predicted molar refractivity (Wildman–Crippen MR) is 130 cm³/mol. The van der Waals surface area contributed by atoms with Gasteiger partial charge in [0, 0.05) is 48.7 Å². The average molecular weight is 452 g/mol. The van der Waals surface area contributed by atoms with Gasteiger partial charge in [-0.1, -0.05) is 30.7 Å². The first-order chi connectivity index (χ1) is 15.7. The topological polar surface area (TPSA) is 64.3 Å². The largest absolute Gasteiger partial charge is 0.346 e. The fourth-order valence-electron chi connectivity index (χ4n) is 5.01. The summed E-state index contributed by atoms with van der Waals surface area (Å²) >= 11 is 6.85. The summed E-state index contributed by atoms with van der Waals surface area (Å²) in [6, 6.07) is 8.24. The second-order valence-electron chi connectivity index (χ2n) is 8.85. The third kappa shape index (κ3) is 3.97. The van der Waals surface area contributed by atoms with Gasteiger partial charge in [0.15, 0.2) is 0 Å². The zero-order valence-corrected chi connectivity index (χ0v) is 19.3. The van der Waals surface area contributed by atoms with E-state index in [0.29, 0.717) is 10.9 Å². The predicted octanol–water partition coefficient (Wildman–Crippen LogP) is 5.08. The first-order valence-corrected chi connectivity index (χ1v) is 12.1. The van der Waals surface area contributed by atoms with Crippen LogP contribution in [0.1, 0.15) is 31.7 Å². The molecule has 2 aliphatic heterocycles. The van der Waals surface area contributed by atoms with Crippen molar-refractivity contribution >= 4 is 34.4 Å². The Balaban J connectivity index is 1.42. The number of nitrogens with one attached hydrogen (secondary N) is 2. The van der Waals surface area contributed by atoms with E-state index in [1.54, 1.807) is 0 Å².